The summed E-state index contributed by atoms with van der Waals surface area (Å²) in [5.41, 5.74) is 1.41. The van der Waals surface area contributed by atoms with Crippen molar-refractivity contribution in [3.63, 3.8) is 0 Å². The minimum absolute atomic E-state index is 0.581. The summed E-state index contributed by atoms with van der Waals surface area (Å²) in [5, 5.41) is 0. The predicted molar refractivity (Wildman–Crippen MR) is 70.4 cm³/mol. The first kappa shape index (κ1) is 13.0. The molecule has 19 heavy (non-hydrogen) atoms. The van der Waals surface area contributed by atoms with Crippen molar-refractivity contribution < 1.29 is 14.3 Å². The Morgan fingerprint density at radius 1 is 1.05 bits per heavy atom. The molecule has 0 N–H and O–H groups in total. The lowest BCUT2D eigenvalue weighted by atomic mass is 10.1. The smallest absolute Gasteiger partial charge is 0.272 e. The fourth-order valence-electron chi connectivity index (χ4n) is 1.66. The first-order chi connectivity index (χ1) is 9.31. The number of carbonyl (C=O) groups excluding carboxylic acids is 1. The van der Waals surface area contributed by atoms with E-state index in [0.717, 1.165) is 5.56 Å². The Morgan fingerprint density at radius 2 is 1.63 bits per heavy atom. The van der Waals surface area contributed by atoms with Crippen molar-refractivity contribution in [1.82, 2.24) is 0 Å². The Bertz CT molecular complexity index is 555. The third-order valence-corrected chi connectivity index (χ3v) is 2.59. The highest BCUT2D eigenvalue weighted by Crippen LogP contribution is 2.19. The van der Waals surface area contributed by atoms with Crippen molar-refractivity contribution in [2.24, 2.45) is 4.99 Å². The van der Waals surface area contributed by atoms with E-state index in [4.69, 9.17) is 0 Å². The number of nitrogens with zero attached hydrogens (tertiary/aromatic N) is 1. The quantitative estimate of drug-likeness (QED) is 0.788. The Morgan fingerprint density at radius 3 is 2.21 bits per heavy atom. The number of hydrogen-bond acceptors (Lipinski definition) is 3. The Kier molecular flexibility index (Phi) is 4.39. The first-order valence-electron chi connectivity index (χ1n) is 5.77. The van der Waals surface area contributed by atoms with Gasteiger partial charge in [-0.2, -0.15) is 0 Å². The molecule has 0 aliphatic rings. The minimum atomic E-state index is -1.03. The molecular formula is C15H12FNO2. The number of hydrogen-bond donors (Lipinski definition) is 0. The van der Waals surface area contributed by atoms with Gasteiger partial charge in [-0.05, 0) is 11.1 Å². The fraction of sp³-hybridized carbons (Fsp3) is 0.0667. The van der Waals surface area contributed by atoms with Crippen LogP contribution in [0, 0.1) is 0 Å². The molecule has 0 aliphatic heterocycles. The summed E-state index contributed by atoms with van der Waals surface area (Å²) in [6.45, 7) is 0. The molecule has 0 fully saturated rings. The molecule has 0 radical (unpaired) electrons. The van der Waals surface area contributed by atoms with Gasteiger partial charge in [0.25, 0.3) is 0 Å². The van der Waals surface area contributed by atoms with Gasteiger partial charge in [0.1, 0.15) is 0 Å². The van der Waals surface area contributed by atoms with E-state index < -0.39 is 12.0 Å². The van der Waals surface area contributed by atoms with Crippen LogP contribution in [0.1, 0.15) is 17.2 Å². The van der Waals surface area contributed by atoms with Gasteiger partial charge in [0.15, 0.2) is 6.04 Å². The van der Waals surface area contributed by atoms with Gasteiger partial charge < -0.3 is 0 Å². The topological polar surface area (TPSA) is 38.7 Å². The normalized spacial score (nSPS) is 12.3. The summed E-state index contributed by atoms with van der Waals surface area (Å²) < 4.78 is 12.1. The lowest BCUT2D eigenvalue weighted by Gasteiger charge is -2.07. The van der Waals surface area contributed by atoms with Crippen LogP contribution >= 0.6 is 0 Å². The van der Waals surface area contributed by atoms with E-state index in [1.54, 1.807) is 24.3 Å². The lowest BCUT2D eigenvalue weighted by Crippen LogP contribution is -2.11. The molecular weight excluding hydrogens is 245 g/mol. The van der Waals surface area contributed by atoms with Crippen LogP contribution in [0.3, 0.4) is 0 Å². The molecule has 1 atom stereocenters. The van der Waals surface area contributed by atoms with Crippen molar-refractivity contribution in [2.45, 2.75) is 6.04 Å². The zero-order chi connectivity index (χ0) is 13.5. The highest BCUT2D eigenvalue weighted by Gasteiger charge is 2.21. The second-order valence-corrected chi connectivity index (χ2v) is 3.90. The molecule has 96 valence electrons. The van der Waals surface area contributed by atoms with Gasteiger partial charge >= 0.3 is 5.97 Å². The zero-order valence-electron chi connectivity index (χ0n) is 10.1. The van der Waals surface area contributed by atoms with Crippen LogP contribution in [-0.4, -0.2) is 12.2 Å². The number of aliphatic imine (C=N–C) groups is 1. The van der Waals surface area contributed by atoms with Crippen LogP contribution in [-0.2, 0) is 9.74 Å². The second kappa shape index (κ2) is 6.44. The van der Waals surface area contributed by atoms with Gasteiger partial charge in [-0.25, -0.2) is 4.79 Å². The maximum absolute atomic E-state index is 12.1. The highest BCUT2D eigenvalue weighted by atomic mass is 19.3. The largest absolute Gasteiger partial charge is 0.377 e. The van der Waals surface area contributed by atoms with Gasteiger partial charge in [-0.1, -0.05) is 60.7 Å². The molecule has 0 aromatic heterocycles. The van der Waals surface area contributed by atoms with E-state index in [0.29, 0.717) is 5.56 Å². The molecule has 4 heteroatoms. The van der Waals surface area contributed by atoms with Crippen LogP contribution in [0.5, 0.6) is 0 Å². The summed E-state index contributed by atoms with van der Waals surface area (Å²) in [6, 6.07) is 17.0. The number of halogens is 1. The van der Waals surface area contributed by atoms with Gasteiger partial charge in [-0.3, -0.25) is 9.93 Å². The average Bonchev–Trinajstić information content (AvgIpc) is 2.49. The molecule has 1 unspecified atom stereocenters. The second-order valence-electron chi connectivity index (χ2n) is 3.90. The van der Waals surface area contributed by atoms with Crippen LogP contribution in [0.4, 0.5) is 4.53 Å². The third-order valence-electron chi connectivity index (χ3n) is 2.59. The van der Waals surface area contributed by atoms with Crippen molar-refractivity contribution in [1.29, 1.82) is 0 Å². The summed E-state index contributed by atoms with van der Waals surface area (Å²) in [5.74, 6) is -1.03. The van der Waals surface area contributed by atoms with Gasteiger partial charge in [0, 0.05) is 10.7 Å². The molecule has 0 heterocycles. The summed E-state index contributed by atoms with van der Waals surface area (Å²) >= 11 is 0. The molecule has 2 aromatic rings. The minimum Gasteiger partial charge on any atom is -0.272 e. The summed E-state index contributed by atoms with van der Waals surface area (Å²) in [6.07, 6.45) is 1.52. The van der Waals surface area contributed by atoms with E-state index >= 15 is 0 Å². The molecule has 3 nitrogen and oxygen atoms in total. The Balaban J connectivity index is 2.25. The number of carbonyl (C=O) groups is 1. The number of rotatable bonds is 4. The maximum Gasteiger partial charge on any atom is 0.377 e. The van der Waals surface area contributed by atoms with E-state index in [2.05, 4.69) is 9.93 Å². The molecule has 0 saturated heterocycles. The Labute approximate surface area is 110 Å². The molecule has 0 spiro atoms. The van der Waals surface area contributed by atoms with E-state index in [1.807, 2.05) is 36.4 Å². The van der Waals surface area contributed by atoms with Crippen LogP contribution in [0.2, 0.25) is 0 Å². The predicted octanol–water partition coefficient (Wildman–Crippen LogP) is 3.27. The third kappa shape index (κ3) is 3.48. The Hall–Kier alpha value is -2.49. The average molecular weight is 257 g/mol. The van der Waals surface area contributed by atoms with E-state index in [-0.39, 0.29) is 0 Å². The summed E-state index contributed by atoms with van der Waals surface area (Å²) in [4.78, 5) is 18.8. The highest BCUT2D eigenvalue weighted by molar-refractivity contribution is 5.84. The van der Waals surface area contributed by atoms with Crippen LogP contribution in [0.25, 0.3) is 0 Å². The van der Waals surface area contributed by atoms with Crippen molar-refractivity contribution in [3.8, 4) is 0 Å². The molecule has 2 aromatic carbocycles. The molecule has 0 aliphatic carbocycles. The van der Waals surface area contributed by atoms with Gasteiger partial charge in [0.05, 0.1) is 0 Å². The maximum atomic E-state index is 12.1. The first-order valence-corrected chi connectivity index (χ1v) is 5.77. The fourth-order valence-corrected chi connectivity index (χ4v) is 1.66. The van der Waals surface area contributed by atoms with Crippen LogP contribution in [0.15, 0.2) is 65.7 Å². The van der Waals surface area contributed by atoms with Crippen molar-refractivity contribution in [3.05, 3.63) is 71.8 Å². The summed E-state index contributed by atoms with van der Waals surface area (Å²) in [7, 11) is 0. The van der Waals surface area contributed by atoms with Crippen molar-refractivity contribution >= 4 is 12.2 Å². The molecule has 2 rings (SSSR count). The standard InChI is InChI=1S/C15H12FNO2/c16-19-15(18)14(13-9-5-2-6-10-13)17-11-12-7-3-1-4-8-12/h1-11,14H. The molecule has 0 amide bonds. The number of benzene rings is 2. The monoisotopic (exact) mass is 257 g/mol. The van der Waals surface area contributed by atoms with Gasteiger partial charge in [0.2, 0.25) is 0 Å². The SMILES string of the molecule is O=C(OF)C(N=Cc1ccccc1)c1ccccc1. The molecule has 0 saturated carbocycles. The lowest BCUT2D eigenvalue weighted by molar-refractivity contribution is -0.185. The van der Waals surface area contributed by atoms with Gasteiger partial charge in [-0.15, -0.1) is 0 Å². The van der Waals surface area contributed by atoms with Crippen LogP contribution < -0.4 is 0 Å². The zero-order valence-corrected chi connectivity index (χ0v) is 10.1. The van der Waals surface area contributed by atoms with E-state index in [9.17, 15) is 9.32 Å². The molecule has 0 bridgehead atoms. The van der Waals surface area contributed by atoms with E-state index in [1.165, 1.54) is 6.21 Å². The van der Waals surface area contributed by atoms with Crippen molar-refractivity contribution in [2.75, 3.05) is 0 Å².